The topological polar surface area (TPSA) is 32.3 Å². The van der Waals surface area contributed by atoms with Crippen molar-refractivity contribution in [1.82, 2.24) is 4.90 Å². The Labute approximate surface area is 122 Å². The van der Waals surface area contributed by atoms with Gasteiger partial charge in [-0.15, -0.1) is 0 Å². The van der Waals surface area contributed by atoms with Gasteiger partial charge in [-0.1, -0.05) is 32.9 Å². The quantitative estimate of drug-likeness (QED) is 0.916. The SMILES string of the molecule is CC1CCCN1C(=O)CNc1cccc(C(C)(C)C)c1. The molecule has 0 aromatic heterocycles. The van der Waals surface area contributed by atoms with Crippen molar-refractivity contribution >= 4 is 11.6 Å². The molecular formula is C17H26N2O. The molecule has 1 amide bonds. The number of carbonyl (C=O) groups excluding carboxylic acids is 1. The third kappa shape index (κ3) is 3.53. The number of benzene rings is 1. The molecule has 0 bridgehead atoms. The first-order valence-corrected chi connectivity index (χ1v) is 7.52. The van der Waals surface area contributed by atoms with E-state index in [-0.39, 0.29) is 11.3 Å². The zero-order valence-electron chi connectivity index (χ0n) is 13.1. The lowest BCUT2D eigenvalue weighted by Gasteiger charge is -2.23. The largest absolute Gasteiger partial charge is 0.376 e. The van der Waals surface area contributed by atoms with Crippen LogP contribution in [0.15, 0.2) is 24.3 Å². The molecule has 1 atom stereocenters. The van der Waals surface area contributed by atoms with E-state index in [2.05, 4.69) is 45.1 Å². The molecule has 1 heterocycles. The molecular weight excluding hydrogens is 248 g/mol. The van der Waals surface area contributed by atoms with Gasteiger partial charge in [-0.25, -0.2) is 0 Å². The lowest BCUT2D eigenvalue weighted by atomic mass is 9.87. The molecule has 0 radical (unpaired) electrons. The van der Waals surface area contributed by atoms with Crippen molar-refractivity contribution in [3.8, 4) is 0 Å². The number of amides is 1. The molecule has 0 spiro atoms. The second-order valence-corrected chi connectivity index (χ2v) is 6.76. The Morgan fingerprint density at radius 3 is 2.75 bits per heavy atom. The highest BCUT2D eigenvalue weighted by molar-refractivity contribution is 5.81. The number of anilines is 1. The van der Waals surface area contributed by atoms with Gasteiger partial charge in [-0.3, -0.25) is 4.79 Å². The van der Waals surface area contributed by atoms with Crippen molar-refractivity contribution in [2.75, 3.05) is 18.4 Å². The summed E-state index contributed by atoms with van der Waals surface area (Å²) in [6.45, 7) is 10.0. The Morgan fingerprint density at radius 1 is 1.40 bits per heavy atom. The zero-order chi connectivity index (χ0) is 14.8. The van der Waals surface area contributed by atoms with Gasteiger partial charge < -0.3 is 10.2 Å². The third-order valence-electron chi connectivity index (χ3n) is 4.05. The molecule has 0 aliphatic carbocycles. The van der Waals surface area contributed by atoms with E-state index >= 15 is 0 Å². The Balaban J connectivity index is 1.95. The maximum absolute atomic E-state index is 12.2. The first-order chi connectivity index (χ1) is 9.38. The minimum absolute atomic E-state index is 0.130. The molecule has 1 fully saturated rings. The van der Waals surface area contributed by atoms with Gasteiger partial charge in [0.2, 0.25) is 5.91 Å². The van der Waals surface area contributed by atoms with Crippen LogP contribution in [0.3, 0.4) is 0 Å². The number of hydrogen-bond acceptors (Lipinski definition) is 2. The van der Waals surface area contributed by atoms with Gasteiger partial charge in [-0.2, -0.15) is 0 Å². The third-order valence-corrected chi connectivity index (χ3v) is 4.05. The summed E-state index contributed by atoms with van der Waals surface area (Å²) in [4.78, 5) is 14.2. The van der Waals surface area contributed by atoms with Crippen LogP contribution in [-0.2, 0) is 10.2 Å². The highest BCUT2D eigenvalue weighted by atomic mass is 16.2. The fourth-order valence-electron chi connectivity index (χ4n) is 2.68. The smallest absolute Gasteiger partial charge is 0.242 e. The summed E-state index contributed by atoms with van der Waals surface area (Å²) in [6.07, 6.45) is 2.26. The molecule has 20 heavy (non-hydrogen) atoms. The summed E-state index contributed by atoms with van der Waals surface area (Å²) in [7, 11) is 0. The van der Waals surface area contributed by atoms with E-state index in [0.29, 0.717) is 12.6 Å². The van der Waals surface area contributed by atoms with E-state index in [4.69, 9.17) is 0 Å². The molecule has 1 N–H and O–H groups in total. The second kappa shape index (κ2) is 5.86. The fraction of sp³-hybridized carbons (Fsp3) is 0.588. The van der Waals surface area contributed by atoms with Crippen LogP contribution in [0.2, 0.25) is 0 Å². The number of nitrogens with one attached hydrogen (secondary N) is 1. The van der Waals surface area contributed by atoms with E-state index in [1.54, 1.807) is 0 Å². The fourth-order valence-corrected chi connectivity index (χ4v) is 2.68. The Morgan fingerprint density at radius 2 is 2.15 bits per heavy atom. The van der Waals surface area contributed by atoms with Crippen LogP contribution in [0.5, 0.6) is 0 Å². The first-order valence-electron chi connectivity index (χ1n) is 7.52. The van der Waals surface area contributed by atoms with Crippen LogP contribution in [0.4, 0.5) is 5.69 Å². The molecule has 0 saturated carbocycles. The molecule has 1 aromatic rings. The Bertz CT molecular complexity index is 476. The molecule has 1 aliphatic rings. The van der Waals surface area contributed by atoms with Gasteiger partial charge in [0.15, 0.2) is 0 Å². The lowest BCUT2D eigenvalue weighted by molar-refractivity contribution is -0.129. The molecule has 1 aromatic carbocycles. The van der Waals surface area contributed by atoms with E-state index in [9.17, 15) is 4.79 Å². The minimum atomic E-state index is 0.130. The van der Waals surface area contributed by atoms with Gasteiger partial charge in [0.1, 0.15) is 0 Å². The van der Waals surface area contributed by atoms with Crippen molar-refractivity contribution < 1.29 is 4.79 Å². The molecule has 1 aliphatic heterocycles. The van der Waals surface area contributed by atoms with Gasteiger partial charge in [0, 0.05) is 18.3 Å². The summed E-state index contributed by atoms with van der Waals surface area (Å²) < 4.78 is 0. The summed E-state index contributed by atoms with van der Waals surface area (Å²) in [5, 5.41) is 3.26. The van der Waals surface area contributed by atoms with Crippen LogP contribution in [0.1, 0.15) is 46.1 Å². The molecule has 3 heteroatoms. The van der Waals surface area contributed by atoms with Gasteiger partial charge in [0.05, 0.1) is 6.54 Å². The molecule has 1 saturated heterocycles. The average Bonchev–Trinajstić information content (AvgIpc) is 2.82. The second-order valence-electron chi connectivity index (χ2n) is 6.76. The lowest BCUT2D eigenvalue weighted by Crippen LogP contribution is -2.37. The molecule has 2 rings (SSSR count). The molecule has 3 nitrogen and oxygen atoms in total. The molecule has 110 valence electrons. The summed E-state index contributed by atoms with van der Waals surface area (Å²) in [6, 6.07) is 8.74. The van der Waals surface area contributed by atoms with E-state index in [1.165, 1.54) is 5.56 Å². The van der Waals surface area contributed by atoms with E-state index in [0.717, 1.165) is 25.1 Å². The van der Waals surface area contributed by atoms with Crippen LogP contribution >= 0.6 is 0 Å². The normalized spacial score (nSPS) is 19.2. The average molecular weight is 274 g/mol. The Hall–Kier alpha value is -1.51. The van der Waals surface area contributed by atoms with E-state index < -0.39 is 0 Å². The number of hydrogen-bond donors (Lipinski definition) is 1. The standard InChI is InChI=1S/C17H26N2O/c1-13-7-6-10-19(13)16(20)12-18-15-9-5-8-14(11-15)17(2,3)4/h5,8-9,11,13,18H,6-7,10,12H2,1-4H3. The number of rotatable bonds is 3. The van der Waals surface area contributed by atoms with Crippen molar-refractivity contribution in [2.24, 2.45) is 0 Å². The van der Waals surface area contributed by atoms with Gasteiger partial charge >= 0.3 is 0 Å². The Kier molecular flexibility index (Phi) is 4.36. The summed E-state index contributed by atoms with van der Waals surface area (Å²) in [5.74, 6) is 0.205. The number of likely N-dealkylation sites (tertiary alicyclic amines) is 1. The summed E-state index contributed by atoms with van der Waals surface area (Å²) in [5.41, 5.74) is 2.44. The van der Waals surface area contributed by atoms with Crippen molar-refractivity contribution in [3.05, 3.63) is 29.8 Å². The zero-order valence-corrected chi connectivity index (χ0v) is 13.1. The maximum Gasteiger partial charge on any atom is 0.242 e. The first kappa shape index (κ1) is 14.9. The number of nitrogens with zero attached hydrogens (tertiary/aromatic N) is 1. The van der Waals surface area contributed by atoms with Gasteiger partial charge in [0.25, 0.3) is 0 Å². The minimum Gasteiger partial charge on any atom is -0.376 e. The highest BCUT2D eigenvalue weighted by Gasteiger charge is 2.24. The monoisotopic (exact) mass is 274 g/mol. The van der Waals surface area contributed by atoms with Crippen LogP contribution < -0.4 is 5.32 Å². The van der Waals surface area contributed by atoms with Gasteiger partial charge in [-0.05, 0) is 42.9 Å². The van der Waals surface area contributed by atoms with Crippen molar-refractivity contribution in [1.29, 1.82) is 0 Å². The van der Waals surface area contributed by atoms with Crippen molar-refractivity contribution in [2.45, 2.75) is 52.0 Å². The van der Waals surface area contributed by atoms with Crippen LogP contribution in [-0.4, -0.2) is 29.9 Å². The van der Waals surface area contributed by atoms with Crippen LogP contribution in [0, 0.1) is 0 Å². The predicted molar refractivity (Wildman–Crippen MR) is 84.0 cm³/mol. The molecule has 1 unspecified atom stereocenters. The summed E-state index contributed by atoms with van der Waals surface area (Å²) >= 11 is 0. The van der Waals surface area contributed by atoms with E-state index in [1.807, 2.05) is 17.0 Å². The van der Waals surface area contributed by atoms with Crippen molar-refractivity contribution in [3.63, 3.8) is 0 Å². The number of carbonyl (C=O) groups is 1. The highest BCUT2D eigenvalue weighted by Crippen LogP contribution is 2.24. The maximum atomic E-state index is 12.2. The predicted octanol–water partition coefficient (Wildman–Crippen LogP) is 3.41. The van der Waals surface area contributed by atoms with Crippen LogP contribution in [0.25, 0.3) is 0 Å².